The lowest BCUT2D eigenvalue weighted by Crippen LogP contribution is -2.08. The third-order valence-corrected chi connectivity index (χ3v) is 4.14. The Morgan fingerprint density at radius 2 is 1.96 bits per heavy atom. The first-order valence-corrected chi connectivity index (χ1v) is 8.40. The van der Waals surface area contributed by atoms with E-state index in [9.17, 15) is 4.79 Å². The van der Waals surface area contributed by atoms with E-state index in [1.807, 2.05) is 24.3 Å². The molecule has 0 radical (unpaired) electrons. The smallest absolute Gasteiger partial charge is 0.138 e. The topological polar surface area (TPSA) is 55.0 Å². The Balaban J connectivity index is 1.45. The number of carbonyl (C=O) groups excluding carboxylic acids is 1. The van der Waals surface area contributed by atoms with E-state index >= 15 is 0 Å². The van der Waals surface area contributed by atoms with Crippen LogP contribution in [0.15, 0.2) is 42.5 Å². The molecule has 0 atom stereocenters. The van der Waals surface area contributed by atoms with Gasteiger partial charge < -0.3 is 9.72 Å². The Kier molecular flexibility index (Phi) is 5.38. The fraction of sp³-hybridized carbons (Fsp3) is 0.222. The van der Waals surface area contributed by atoms with Crippen molar-refractivity contribution in [3.8, 4) is 5.75 Å². The highest BCUT2D eigenvalue weighted by molar-refractivity contribution is 6.35. The molecule has 2 aromatic carbocycles. The number of aromatic nitrogens is 2. The van der Waals surface area contributed by atoms with Gasteiger partial charge in [-0.05, 0) is 30.3 Å². The molecule has 0 aliphatic carbocycles. The third-order valence-electron chi connectivity index (χ3n) is 3.61. The van der Waals surface area contributed by atoms with Gasteiger partial charge in [-0.25, -0.2) is 4.98 Å². The molecule has 3 rings (SSSR count). The number of carbonyl (C=O) groups is 1. The monoisotopic (exact) mass is 362 g/mol. The van der Waals surface area contributed by atoms with Crippen molar-refractivity contribution in [3.63, 3.8) is 0 Å². The van der Waals surface area contributed by atoms with Crippen LogP contribution in [-0.2, 0) is 11.2 Å². The van der Waals surface area contributed by atoms with Gasteiger partial charge in [0.25, 0.3) is 0 Å². The number of imidazole rings is 1. The van der Waals surface area contributed by atoms with Gasteiger partial charge >= 0.3 is 0 Å². The average Bonchev–Trinajstić information content (AvgIpc) is 2.98. The van der Waals surface area contributed by atoms with Crippen LogP contribution in [0.2, 0.25) is 10.0 Å². The summed E-state index contributed by atoms with van der Waals surface area (Å²) >= 11 is 11.8. The second-order valence-electron chi connectivity index (χ2n) is 5.41. The molecule has 0 bridgehead atoms. The molecule has 0 unspecified atom stereocenters. The maximum Gasteiger partial charge on any atom is 0.138 e. The third kappa shape index (κ3) is 4.28. The van der Waals surface area contributed by atoms with Crippen LogP contribution in [-0.4, -0.2) is 22.4 Å². The summed E-state index contributed by atoms with van der Waals surface area (Å²) in [6.07, 6.45) is 1.35. The van der Waals surface area contributed by atoms with Crippen molar-refractivity contribution < 1.29 is 9.53 Å². The number of nitrogens with one attached hydrogen (secondary N) is 1. The van der Waals surface area contributed by atoms with E-state index in [4.69, 9.17) is 27.9 Å². The lowest BCUT2D eigenvalue weighted by atomic mass is 10.1. The number of hydrogen-bond acceptors (Lipinski definition) is 3. The van der Waals surface area contributed by atoms with E-state index in [0.717, 1.165) is 16.9 Å². The van der Waals surface area contributed by atoms with Crippen molar-refractivity contribution in [3.05, 3.63) is 58.3 Å². The van der Waals surface area contributed by atoms with E-state index in [2.05, 4.69) is 9.97 Å². The van der Waals surface area contributed by atoms with Crippen LogP contribution < -0.4 is 4.74 Å². The summed E-state index contributed by atoms with van der Waals surface area (Å²) in [5.41, 5.74) is 1.90. The first kappa shape index (κ1) is 16.8. The predicted molar refractivity (Wildman–Crippen MR) is 96.0 cm³/mol. The van der Waals surface area contributed by atoms with E-state index in [1.165, 1.54) is 0 Å². The largest absolute Gasteiger partial charge is 0.492 e. The number of para-hydroxylation sites is 2. The summed E-state index contributed by atoms with van der Waals surface area (Å²) in [6.45, 7) is 0.292. The molecule has 1 aromatic heterocycles. The average molecular weight is 363 g/mol. The van der Waals surface area contributed by atoms with Crippen LogP contribution in [0.5, 0.6) is 5.75 Å². The highest BCUT2D eigenvalue weighted by Crippen LogP contribution is 2.27. The number of rotatable bonds is 7. The minimum atomic E-state index is 0.126. The Hall–Kier alpha value is -2.04. The fourth-order valence-corrected chi connectivity index (χ4v) is 2.84. The summed E-state index contributed by atoms with van der Waals surface area (Å²) < 4.78 is 5.53. The molecule has 0 saturated heterocycles. The highest BCUT2D eigenvalue weighted by atomic mass is 35.5. The van der Waals surface area contributed by atoms with Crippen molar-refractivity contribution in [2.45, 2.75) is 19.3 Å². The van der Waals surface area contributed by atoms with Crippen LogP contribution >= 0.6 is 23.2 Å². The molecule has 0 aliphatic rings. The summed E-state index contributed by atoms with van der Waals surface area (Å²) in [7, 11) is 0. The molecule has 1 N–H and O–H groups in total. The van der Waals surface area contributed by atoms with Crippen LogP contribution in [0.3, 0.4) is 0 Å². The molecule has 1 heterocycles. The van der Waals surface area contributed by atoms with Gasteiger partial charge in [0.05, 0.1) is 22.7 Å². The summed E-state index contributed by atoms with van der Waals surface area (Å²) in [5, 5.41) is 0.992. The Morgan fingerprint density at radius 1 is 1.12 bits per heavy atom. The minimum absolute atomic E-state index is 0.126. The number of H-pyrrole nitrogens is 1. The number of nitrogens with zero attached hydrogens (tertiary/aromatic N) is 1. The fourth-order valence-electron chi connectivity index (χ4n) is 2.37. The van der Waals surface area contributed by atoms with Gasteiger partial charge in [0.1, 0.15) is 17.4 Å². The Morgan fingerprint density at radius 3 is 2.75 bits per heavy atom. The molecule has 0 spiro atoms. The quantitative estimate of drug-likeness (QED) is 0.654. The summed E-state index contributed by atoms with van der Waals surface area (Å²) in [6, 6.07) is 12.8. The normalized spacial score (nSPS) is 10.9. The number of Topliss-reactive ketones (excluding diaryl/α,β-unsaturated/α-hetero) is 1. The molecule has 124 valence electrons. The van der Waals surface area contributed by atoms with Gasteiger partial charge in [0, 0.05) is 24.3 Å². The Bertz CT molecular complexity index is 828. The van der Waals surface area contributed by atoms with Gasteiger partial charge in [-0.2, -0.15) is 0 Å². The number of ether oxygens (including phenoxy) is 1. The standard InChI is InChI=1S/C18H16Cl2N2O2/c19-12-5-7-17(14(20)11-12)24-10-9-13(23)6-8-18-21-15-3-1-2-4-16(15)22-18/h1-5,7,11H,6,8-10H2,(H,21,22). The van der Waals surface area contributed by atoms with E-state index in [-0.39, 0.29) is 5.78 Å². The number of halogens is 2. The van der Waals surface area contributed by atoms with Crippen LogP contribution in [0.4, 0.5) is 0 Å². The van der Waals surface area contributed by atoms with Gasteiger partial charge in [-0.3, -0.25) is 4.79 Å². The number of aromatic amines is 1. The summed E-state index contributed by atoms with van der Waals surface area (Å²) in [4.78, 5) is 19.7. The zero-order valence-corrected chi connectivity index (χ0v) is 14.4. The molecule has 24 heavy (non-hydrogen) atoms. The van der Waals surface area contributed by atoms with E-state index in [0.29, 0.717) is 41.7 Å². The van der Waals surface area contributed by atoms with Gasteiger partial charge in [0.2, 0.25) is 0 Å². The molecule has 0 fully saturated rings. The molecule has 3 aromatic rings. The zero-order chi connectivity index (χ0) is 16.9. The predicted octanol–water partition coefficient (Wildman–Crippen LogP) is 4.84. The van der Waals surface area contributed by atoms with Gasteiger partial charge in [-0.15, -0.1) is 0 Å². The number of ketones is 1. The van der Waals surface area contributed by atoms with E-state index < -0.39 is 0 Å². The highest BCUT2D eigenvalue weighted by Gasteiger charge is 2.08. The SMILES string of the molecule is O=C(CCOc1ccc(Cl)cc1Cl)CCc1nc2ccccc2[nH]1. The minimum Gasteiger partial charge on any atom is -0.492 e. The molecular formula is C18H16Cl2N2O2. The second kappa shape index (κ2) is 7.69. The molecular weight excluding hydrogens is 347 g/mol. The molecule has 6 heteroatoms. The van der Waals surface area contributed by atoms with Crippen LogP contribution in [0, 0.1) is 0 Å². The number of hydrogen-bond donors (Lipinski definition) is 1. The zero-order valence-electron chi connectivity index (χ0n) is 12.9. The maximum atomic E-state index is 12.0. The summed E-state index contributed by atoms with van der Waals surface area (Å²) in [5.74, 6) is 1.48. The van der Waals surface area contributed by atoms with Crippen LogP contribution in [0.1, 0.15) is 18.7 Å². The van der Waals surface area contributed by atoms with Crippen molar-refractivity contribution in [1.29, 1.82) is 0 Å². The second-order valence-corrected chi connectivity index (χ2v) is 6.26. The molecule has 0 aliphatic heterocycles. The molecule has 4 nitrogen and oxygen atoms in total. The first-order chi connectivity index (χ1) is 11.6. The lowest BCUT2D eigenvalue weighted by molar-refractivity contribution is -0.119. The Labute approximate surface area is 149 Å². The molecule has 0 saturated carbocycles. The van der Waals surface area contributed by atoms with Crippen molar-refractivity contribution in [1.82, 2.24) is 9.97 Å². The van der Waals surface area contributed by atoms with Gasteiger partial charge in [-0.1, -0.05) is 35.3 Å². The van der Waals surface area contributed by atoms with Crippen molar-refractivity contribution >= 4 is 40.0 Å². The van der Waals surface area contributed by atoms with Crippen LogP contribution in [0.25, 0.3) is 11.0 Å². The maximum absolute atomic E-state index is 12.0. The van der Waals surface area contributed by atoms with E-state index in [1.54, 1.807) is 18.2 Å². The number of benzene rings is 2. The molecule has 0 amide bonds. The number of aryl methyl sites for hydroxylation is 1. The van der Waals surface area contributed by atoms with Crippen molar-refractivity contribution in [2.24, 2.45) is 0 Å². The number of fused-ring (bicyclic) bond motifs is 1. The lowest BCUT2D eigenvalue weighted by Gasteiger charge is -2.07. The van der Waals surface area contributed by atoms with Crippen molar-refractivity contribution in [2.75, 3.05) is 6.61 Å². The van der Waals surface area contributed by atoms with Gasteiger partial charge in [0.15, 0.2) is 0 Å². The first-order valence-electron chi connectivity index (χ1n) is 7.65.